The smallest absolute Gasteiger partial charge is 0.322 e. The van der Waals surface area contributed by atoms with Gasteiger partial charge in [-0.25, -0.2) is 9.78 Å². The van der Waals surface area contributed by atoms with E-state index in [-0.39, 0.29) is 12.1 Å². The third kappa shape index (κ3) is 3.99. The van der Waals surface area contributed by atoms with Crippen molar-refractivity contribution in [1.29, 1.82) is 0 Å². The summed E-state index contributed by atoms with van der Waals surface area (Å²) in [5, 5.41) is 2.91. The Bertz CT molecular complexity index is 750. The monoisotopic (exact) mass is 341 g/mol. The standard InChI is InChI=1S/C18H23N5O2/c1-13-6-9-19-11-15(13)21-18(24)23-10-7-14(12-23)25-16-5-4-8-20-17(16)22(2)3/h4-6,8-9,11,14H,7,10,12H2,1-3H3,(H,21,24)/t14-/m1/s1. The fraction of sp³-hybridized carbons (Fsp3) is 0.389. The molecule has 1 aliphatic heterocycles. The van der Waals surface area contributed by atoms with Crippen LogP contribution in [0, 0.1) is 6.92 Å². The third-order valence-corrected chi connectivity index (χ3v) is 4.18. The Balaban J connectivity index is 1.60. The van der Waals surface area contributed by atoms with Gasteiger partial charge in [-0.3, -0.25) is 4.98 Å². The first-order valence-corrected chi connectivity index (χ1v) is 8.30. The third-order valence-electron chi connectivity index (χ3n) is 4.18. The number of amides is 2. The molecule has 3 rings (SSSR count). The van der Waals surface area contributed by atoms with Crippen LogP contribution in [-0.4, -0.2) is 54.2 Å². The van der Waals surface area contributed by atoms with E-state index in [0.717, 1.165) is 29.2 Å². The van der Waals surface area contributed by atoms with E-state index in [0.29, 0.717) is 13.1 Å². The van der Waals surface area contributed by atoms with E-state index in [9.17, 15) is 4.79 Å². The SMILES string of the molecule is Cc1ccncc1NC(=O)N1CC[C@@H](Oc2cccnc2N(C)C)C1. The van der Waals surface area contributed by atoms with Gasteiger partial charge in [-0.15, -0.1) is 0 Å². The number of aryl methyl sites for hydroxylation is 1. The van der Waals surface area contributed by atoms with Crippen LogP contribution in [0.5, 0.6) is 5.75 Å². The minimum Gasteiger partial charge on any atom is -0.485 e. The van der Waals surface area contributed by atoms with Gasteiger partial charge in [0.2, 0.25) is 0 Å². The summed E-state index contributed by atoms with van der Waals surface area (Å²) >= 11 is 0. The maximum atomic E-state index is 12.5. The van der Waals surface area contributed by atoms with Gasteiger partial charge in [-0.2, -0.15) is 0 Å². The highest BCUT2D eigenvalue weighted by Crippen LogP contribution is 2.27. The van der Waals surface area contributed by atoms with E-state index >= 15 is 0 Å². The molecule has 1 atom stereocenters. The Morgan fingerprint density at radius 3 is 2.96 bits per heavy atom. The zero-order valence-corrected chi connectivity index (χ0v) is 14.8. The number of likely N-dealkylation sites (tertiary alicyclic amines) is 1. The number of hydrogen-bond donors (Lipinski definition) is 1. The molecular weight excluding hydrogens is 318 g/mol. The molecule has 2 aromatic rings. The topological polar surface area (TPSA) is 70.6 Å². The number of aromatic nitrogens is 2. The van der Waals surface area contributed by atoms with Crippen LogP contribution in [0.4, 0.5) is 16.3 Å². The Kier molecular flexibility index (Phi) is 5.02. The second kappa shape index (κ2) is 7.38. The Morgan fingerprint density at radius 2 is 2.20 bits per heavy atom. The predicted molar refractivity (Wildman–Crippen MR) is 97.2 cm³/mol. The van der Waals surface area contributed by atoms with E-state index in [1.807, 2.05) is 44.1 Å². The summed E-state index contributed by atoms with van der Waals surface area (Å²) in [4.78, 5) is 24.5. The van der Waals surface area contributed by atoms with E-state index in [2.05, 4.69) is 15.3 Å². The summed E-state index contributed by atoms with van der Waals surface area (Å²) in [6.45, 7) is 3.15. The minimum atomic E-state index is -0.124. The van der Waals surface area contributed by atoms with Crippen molar-refractivity contribution in [2.24, 2.45) is 0 Å². The summed E-state index contributed by atoms with van der Waals surface area (Å²) in [6, 6.07) is 5.51. The molecule has 1 fully saturated rings. The molecule has 1 N–H and O–H groups in total. The molecule has 2 aromatic heterocycles. The molecule has 2 amide bonds. The van der Waals surface area contributed by atoms with Crippen molar-refractivity contribution in [3.05, 3.63) is 42.4 Å². The lowest BCUT2D eigenvalue weighted by molar-refractivity contribution is 0.195. The molecular formula is C18H23N5O2. The number of rotatable bonds is 4. The molecule has 0 saturated carbocycles. The van der Waals surface area contributed by atoms with Gasteiger partial charge < -0.3 is 19.9 Å². The maximum absolute atomic E-state index is 12.5. The van der Waals surface area contributed by atoms with E-state index in [1.54, 1.807) is 23.5 Å². The van der Waals surface area contributed by atoms with Gasteiger partial charge in [0.05, 0.1) is 18.4 Å². The number of urea groups is 1. The second-order valence-electron chi connectivity index (χ2n) is 6.31. The molecule has 0 radical (unpaired) electrons. The molecule has 1 saturated heterocycles. The summed E-state index contributed by atoms with van der Waals surface area (Å²) in [5.74, 6) is 1.53. The molecule has 7 nitrogen and oxygen atoms in total. The molecule has 0 spiro atoms. The van der Waals surface area contributed by atoms with Crippen LogP contribution in [0.1, 0.15) is 12.0 Å². The van der Waals surface area contributed by atoms with Gasteiger partial charge in [-0.05, 0) is 30.7 Å². The number of hydrogen-bond acceptors (Lipinski definition) is 5. The van der Waals surface area contributed by atoms with Crippen molar-refractivity contribution >= 4 is 17.5 Å². The van der Waals surface area contributed by atoms with Crippen LogP contribution in [0.3, 0.4) is 0 Å². The zero-order chi connectivity index (χ0) is 17.8. The molecule has 0 aromatic carbocycles. The molecule has 1 aliphatic rings. The van der Waals surface area contributed by atoms with Crippen molar-refractivity contribution in [2.45, 2.75) is 19.4 Å². The van der Waals surface area contributed by atoms with Gasteiger partial charge in [0, 0.05) is 39.5 Å². The lowest BCUT2D eigenvalue weighted by atomic mass is 10.2. The van der Waals surface area contributed by atoms with Crippen molar-refractivity contribution in [3.8, 4) is 5.75 Å². The molecule has 25 heavy (non-hydrogen) atoms. The molecule has 132 valence electrons. The lowest BCUT2D eigenvalue weighted by Crippen LogP contribution is -2.34. The average molecular weight is 341 g/mol. The highest BCUT2D eigenvalue weighted by Gasteiger charge is 2.28. The van der Waals surface area contributed by atoms with Crippen LogP contribution < -0.4 is 15.0 Å². The number of ether oxygens (including phenoxy) is 1. The summed E-state index contributed by atoms with van der Waals surface area (Å²) in [7, 11) is 3.86. The van der Waals surface area contributed by atoms with E-state index < -0.39 is 0 Å². The second-order valence-corrected chi connectivity index (χ2v) is 6.31. The van der Waals surface area contributed by atoms with Crippen LogP contribution >= 0.6 is 0 Å². The summed E-state index contributed by atoms with van der Waals surface area (Å²) < 4.78 is 6.08. The summed E-state index contributed by atoms with van der Waals surface area (Å²) in [6.07, 6.45) is 5.87. The van der Waals surface area contributed by atoms with Crippen LogP contribution in [0.2, 0.25) is 0 Å². The number of nitrogens with zero attached hydrogens (tertiary/aromatic N) is 4. The normalized spacial score (nSPS) is 16.6. The van der Waals surface area contributed by atoms with Crippen LogP contribution in [-0.2, 0) is 0 Å². The first kappa shape index (κ1) is 17.0. The number of carbonyl (C=O) groups excluding carboxylic acids is 1. The van der Waals surface area contributed by atoms with Gasteiger partial charge >= 0.3 is 6.03 Å². The zero-order valence-electron chi connectivity index (χ0n) is 14.8. The Morgan fingerprint density at radius 1 is 1.36 bits per heavy atom. The molecule has 0 unspecified atom stereocenters. The number of anilines is 2. The fourth-order valence-corrected chi connectivity index (χ4v) is 2.79. The van der Waals surface area contributed by atoms with Gasteiger partial charge in [0.1, 0.15) is 6.10 Å². The molecule has 0 bridgehead atoms. The Labute approximate surface area is 147 Å². The number of pyridine rings is 2. The highest BCUT2D eigenvalue weighted by molar-refractivity contribution is 5.90. The van der Waals surface area contributed by atoms with Crippen LogP contribution in [0.25, 0.3) is 0 Å². The largest absolute Gasteiger partial charge is 0.485 e. The van der Waals surface area contributed by atoms with Crippen molar-refractivity contribution in [2.75, 3.05) is 37.4 Å². The van der Waals surface area contributed by atoms with E-state index in [1.165, 1.54) is 0 Å². The molecule has 7 heteroatoms. The van der Waals surface area contributed by atoms with Gasteiger partial charge in [-0.1, -0.05) is 0 Å². The first-order chi connectivity index (χ1) is 12.0. The average Bonchev–Trinajstić information content (AvgIpc) is 3.06. The Hall–Kier alpha value is -2.83. The maximum Gasteiger partial charge on any atom is 0.322 e. The van der Waals surface area contributed by atoms with Crippen LogP contribution in [0.15, 0.2) is 36.8 Å². The molecule has 0 aliphatic carbocycles. The predicted octanol–water partition coefficient (Wildman–Crippen LogP) is 2.54. The molecule has 3 heterocycles. The highest BCUT2D eigenvalue weighted by atomic mass is 16.5. The van der Waals surface area contributed by atoms with Gasteiger partial charge in [0.15, 0.2) is 11.6 Å². The first-order valence-electron chi connectivity index (χ1n) is 8.30. The van der Waals surface area contributed by atoms with E-state index in [4.69, 9.17) is 4.74 Å². The van der Waals surface area contributed by atoms with Crippen molar-refractivity contribution < 1.29 is 9.53 Å². The number of nitrogens with one attached hydrogen (secondary N) is 1. The minimum absolute atomic E-state index is 0.0383. The quantitative estimate of drug-likeness (QED) is 0.925. The van der Waals surface area contributed by atoms with Crippen molar-refractivity contribution in [1.82, 2.24) is 14.9 Å². The fourth-order valence-electron chi connectivity index (χ4n) is 2.79. The van der Waals surface area contributed by atoms with Crippen molar-refractivity contribution in [3.63, 3.8) is 0 Å². The lowest BCUT2D eigenvalue weighted by Gasteiger charge is -2.20. The number of carbonyl (C=O) groups is 1. The van der Waals surface area contributed by atoms with Gasteiger partial charge in [0.25, 0.3) is 0 Å². The summed E-state index contributed by atoms with van der Waals surface area (Å²) in [5.41, 5.74) is 1.72.